The van der Waals surface area contributed by atoms with E-state index in [-0.39, 0.29) is 11.4 Å². The van der Waals surface area contributed by atoms with Crippen molar-refractivity contribution in [1.82, 2.24) is 9.55 Å². The fourth-order valence-corrected chi connectivity index (χ4v) is 2.12. The lowest BCUT2D eigenvalue weighted by Crippen LogP contribution is -2.19. The number of halogens is 1. The zero-order valence-electron chi connectivity index (χ0n) is 10.3. The van der Waals surface area contributed by atoms with Crippen LogP contribution in [0, 0.1) is 12.7 Å². The van der Waals surface area contributed by atoms with E-state index in [1.54, 1.807) is 18.2 Å². The van der Waals surface area contributed by atoms with E-state index in [4.69, 9.17) is 0 Å². The molecule has 0 N–H and O–H groups in total. The summed E-state index contributed by atoms with van der Waals surface area (Å²) in [6, 6.07) is 11.3. The molecule has 4 heteroatoms. The van der Waals surface area contributed by atoms with Gasteiger partial charge in [0.05, 0.1) is 16.6 Å². The molecule has 0 bridgehead atoms. The normalized spacial score (nSPS) is 10.8. The van der Waals surface area contributed by atoms with Crippen LogP contribution in [0.4, 0.5) is 4.39 Å². The van der Waals surface area contributed by atoms with E-state index >= 15 is 0 Å². The van der Waals surface area contributed by atoms with Crippen LogP contribution in [-0.4, -0.2) is 9.55 Å². The van der Waals surface area contributed by atoms with Crippen molar-refractivity contribution in [2.24, 2.45) is 0 Å². The van der Waals surface area contributed by atoms with Gasteiger partial charge in [0.25, 0.3) is 5.56 Å². The molecule has 19 heavy (non-hydrogen) atoms. The molecule has 1 aromatic heterocycles. The van der Waals surface area contributed by atoms with Crippen LogP contribution in [-0.2, 0) is 0 Å². The molecule has 0 radical (unpaired) electrons. The summed E-state index contributed by atoms with van der Waals surface area (Å²) in [7, 11) is 0. The minimum Gasteiger partial charge on any atom is -0.268 e. The fourth-order valence-electron chi connectivity index (χ4n) is 2.12. The predicted octanol–water partition coefficient (Wildman–Crippen LogP) is 2.83. The number of rotatable bonds is 1. The van der Waals surface area contributed by atoms with Crippen LogP contribution < -0.4 is 5.56 Å². The second kappa shape index (κ2) is 4.31. The average Bonchev–Trinajstić information content (AvgIpc) is 2.40. The zero-order chi connectivity index (χ0) is 13.4. The van der Waals surface area contributed by atoms with Gasteiger partial charge in [-0.15, -0.1) is 0 Å². The van der Waals surface area contributed by atoms with E-state index in [1.165, 1.54) is 23.0 Å². The van der Waals surface area contributed by atoms with Crippen LogP contribution >= 0.6 is 0 Å². The van der Waals surface area contributed by atoms with Crippen molar-refractivity contribution >= 4 is 10.9 Å². The Bertz CT molecular complexity index is 806. The van der Waals surface area contributed by atoms with E-state index in [0.717, 1.165) is 5.56 Å². The van der Waals surface area contributed by atoms with Crippen LogP contribution in [0.15, 0.2) is 53.6 Å². The molecule has 0 atom stereocenters. The van der Waals surface area contributed by atoms with Gasteiger partial charge in [0.1, 0.15) is 12.1 Å². The first-order valence-electron chi connectivity index (χ1n) is 5.90. The number of hydrogen-bond acceptors (Lipinski definition) is 2. The molecule has 2 aromatic carbocycles. The molecule has 0 aliphatic rings. The van der Waals surface area contributed by atoms with E-state index in [2.05, 4.69) is 4.98 Å². The number of aryl methyl sites for hydroxylation is 1. The monoisotopic (exact) mass is 254 g/mol. The lowest BCUT2D eigenvalue weighted by Gasteiger charge is -2.07. The molecule has 3 rings (SSSR count). The summed E-state index contributed by atoms with van der Waals surface area (Å²) < 4.78 is 14.3. The number of hydrogen-bond donors (Lipinski definition) is 0. The largest absolute Gasteiger partial charge is 0.268 e. The molecule has 94 valence electrons. The smallest absolute Gasteiger partial charge is 0.266 e. The molecule has 0 aliphatic carbocycles. The van der Waals surface area contributed by atoms with Crippen LogP contribution in [0.1, 0.15) is 5.56 Å². The first-order valence-corrected chi connectivity index (χ1v) is 5.90. The van der Waals surface area contributed by atoms with E-state index in [9.17, 15) is 9.18 Å². The summed E-state index contributed by atoms with van der Waals surface area (Å²) >= 11 is 0. The quantitative estimate of drug-likeness (QED) is 0.669. The van der Waals surface area contributed by atoms with Crippen LogP contribution in [0.5, 0.6) is 0 Å². The van der Waals surface area contributed by atoms with Crippen LogP contribution in [0.25, 0.3) is 16.6 Å². The summed E-state index contributed by atoms with van der Waals surface area (Å²) in [4.78, 5) is 16.7. The fraction of sp³-hybridized carbons (Fsp3) is 0.0667. The van der Waals surface area contributed by atoms with Crippen molar-refractivity contribution in [3.63, 3.8) is 0 Å². The van der Waals surface area contributed by atoms with E-state index in [0.29, 0.717) is 16.6 Å². The Labute approximate surface area is 109 Å². The predicted molar refractivity (Wildman–Crippen MR) is 72.0 cm³/mol. The highest BCUT2D eigenvalue weighted by atomic mass is 19.1. The number of fused-ring (bicyclic) bond motifs is 1. The Morgan fingerprint density at radius 2 is 1.84 bits per heavy atom. The summed E-state index contributed by atoms with van der Waals surface area (Å²) in [6.07, 6.45) is 1.47. The van der Waals surface area contributed by atoms with Gasteiger partial charge < -0.3 is 0 Å². The summed E-state index contributed by atoms with van der Waals surface area (Å²) in [5.41, 5.74) is 2.01. The molecule has 0 saturated carbocycles. The number of nitrogens with zero attached hydrogens (tertiary/aromatic N) is 2. The molecule has 0 aliphatic heterocycles. The van der Waals surface area contributed by atoms with Crippen molar-refractivity contribution in [3.05, 3.63) is 70.5 Å². The first-order chi connectivity index (χ1) is 9.16. The van der Waals surface area contributed by atoms with Gasteiger partial charge in [-0.25, -0.2) is 9.37 Å². The van der Waals surface area contributed by atoms with Gasteiger partial charge in [-0.05, 0) is 42.8 Å². The molecule has 0 spiro atoms. The molecular formula is C15H11FN2O. The SMILES string of the molecule is Cc1cccc2ncn(-c3ccc(F)cc3)c(=O)c12. The third-order valence-corrected chi connectivity index (χ3v) is 3.10. The highest BCUT2D eigenvalue weighted by Crippen LogP contribution is 2.13. The van der Waals surface area contributed by atoms with Crippen molar-refractivity contribution in [3.8, 4) is 5.69 Å². The molecule has 0 amide bonds. The molecule has 3 nitrogen and oxygen atoms in total. The van der Waals surface area contributed by atoms with Gasteiger partial charge in [0, 0.05) is 0 Å². The van der Waals surface area contributed by atoms with E-state index < -0.39 is 0 Å². The summed E-state index contributed by atoms with van der Waals surface area (Å²) in [5.74, 6) is -0.332. The lowest BCUT2D eigenvalue weighted by molar-refractivity contribution is 0.627. The Hall–Kier alpha value is -2.49. The van der Waals surface area contributed by atoms with E-state index in [1.807, 2.05) is 19.1 Å². The molecular weight excluding hydrogens is 243 g/mol. The summed E-state index contributed by atoms with van der Waals surface area (Å²) in [5, 5.41) is 0.592. The topological polar surface area (TPSA) is 34.9 Å². The summed E-state index contributed by atoms with van der Waals surface area (Å²) in [6.45, 7) is 1.88. The standard InChI is InChI=1S/C15H11FN2O/c1-10-3-2-4-13-14(10)15(19)18(9-17-13)12-7-5-11(16)6-8-12/h2-9H,1H3. The van der Waals surface area contributed by atoms with Gasteiger partial charge >= 0.3 is 0 Å². The van der Waals surface area contributed by atoms with Crippen molar-refractivity contribution in [2.75, 3.05) is 0 Å². The maximum absolute atomic E-state index is 12.9. The number of aromatic nitrogens is 2. The minimum absolute atomic E-state index is 0.144. The Balaban J connectivity index is 2.32. The molecule has 0 unspecified atom stereocenters. The van der Waals surface area contributed by atoms with Gasteiger partial charge in [-0.1, -0.05) is 12.1 Å². The highest BCUT2D eigenvalue weighted by molar-refractivity contribution is 5.81. The van der Waals surface area contributed by atoms with Crippen molar-refractivity contribution in [2.45, 2.75) is 6.92 Å². The molecule has 0 saturated heterocycles. The average molecular weight is 254 g/mol. The van der Waals surface area contributed by atoms with Crippen molar-refractivity contribution < 1.29 is 4.39 Å². The minimum atomic E-state index is -0.332. The number of benzene rings is 2. The zero-order valence-corrected chi connectivity index (χ0v) is 10.3. The Kier molecular flexibility index (Phi) is 2.63. The Morgan fingerprint density at radius 3 is 2.58 bits per heavy atom. The second-order valence-corrected chi connectivity index (χ2v) is 4.37. The van der Waals surface area contributed by atoms with Gasteiger partial charge in [0.2, 0.25) is 0 Å². The van der Waals surface area contributed by atoms with Gasteiger partial charge in [-0.3, -0.25) is 9.36 Å². The Morgan fingerprint density at radius 1 is 1.11 bits per heavy atom. The maximum Gasteiger partial charge on any atom is 0.266 e. The lowest BCUT2D eigenvalue weighted by atomic mass is 10.1. The van der Waals surface area contributed by atoms with Crippen molar-refractivity contribution in [1.29, 1.82) is 0 Å². The third-order valence-electron chi connectivity index (χ3n) is 3.10. The third kappa shape index (κ3) is 1.91. The van der Waals surface area contributed by atoms with Gasteiger partial charge in [-0.2, -0.15) is 0 Å². The highest BCUT2D eigenvalue weighted by Gasteiger charge is 2.07. The second-order valence-electron chi connectivity index (χ2n) is 4.37. The van der Waals surface area contributed by atoms with Crippen LogP contribution in [0.3, 0.4) is 0 Å². The van der Waals surface area contributed by atoms with Crippen LogP contribution in [0.2, 0.25) is 0 Å². The van der Waals surface area contributed by atoms with Gasteiger partial charge in [0.15, 0.2) is 0 Å². The maximum atomic E-state index is 12.9. The molecule has 1 heterocycles. The molecule has 3 aromatic rings. The first kappa shape index (κ1) is 11.6. The molecule has 0 fully saturated rings.